The molecule has 3 rings (SSSR count). The minimum absolute atomic E-state index is 0.0170. The molecule has 1 amide bonds. The fourth-order valence-corrected chi connectivity index (χ4v) is 4.44. The smallest absolute Gasteiger partial charge is 0.257 e. The van der Waals surface area contributed by atoms with E-state index in [1.54, 1.807) is 12.1 Å². The van der Waals surface area contributed by atoms with Gasteiger partial charge in [0.2, 0.25) is 10.0 Å². The van der Waals surface area contributed by atoms with Crippen molar-refractivity contribution in [2.45, 2.75) is 18.4 Å². The fraction of sp³-hybridized carbons (Fsp3) is 0.174. The van der Waals surface area contributed by atoms with Gasteiger partial charge in [0, 0.05) is 13.6 Å². The minimum Gasteiger partial charge on any atom is -0.495 e. The first kappa shape index (κ1) is 22.8. The summed E-state index contributed by atoms with van der Waals surface area (Å²) in [5.41, 5.74) is 2.31. The van der Waals surface area contributed by atoms with Crippen LogP contribution < -0.4 is 10.1 Å². The third-order valence-corrected chi connectivity index (χ3v) is 6.87. The third kappa shape index (κ3) is 5.25. The van der Waals surface area contributed by atoms with E-state index < -0.39 is 15.9 Å². The van der Waals surface area contributed by atoms with Crippen LogP contribution in [0, 0.1) is 6.92 Å². The lowest BCUT2D eigenvalue weighted by atomic mass is 10.1. The van der Waals surface area contributed by atoms with Gasteiger partial charge < -0.3 is 10.1 Å². The largest absolute Gasteiger partial charge is 0.495 e. The Morgan fingerprint density at radius 1 is 1.06 bits per heavy atom. The quantitative estimate of drug-likeness (QED) is 0.555. The van der Waals surface area contributed by atoms with E-state index in [0.717, 1.165) is 11.1 Å². The maximum absolute atomic E-state index is 13.1. The highest BCUT2D eigenvalue weighted by Gasteiger charge is 2.24. The van der Waals surface area contributed by atoms with Gasteiger partial charge in [-0.25, -0.2) is 8.42 Å². The monoisotopic (exact) mass is 458 g/mol. The summed E-state index contributed by atoms with van der Waals surface area (Å²) in [5.74, 6) is -0.0434. The lowest BCUT2D eigenvalue weighted by Gasteiger charge is -2.18. The van der Waals surface area contributed by atoms with Crippen molar-refractivity contribution in [2.75, 3.05) is 19.5 Å². The summed E-state index contributed by atoms with van der Waals surface area (Å²) < 4.78 is 32.6. The fourth-order valence-electron chi connectivity index (χ4n) is 3.05. The van der Waals surface area contributed by atoms with Crippen LogP contribution in [0.3, 0.4) is 0 Å². The molecule has 0 radical (unpaired) electrons. The van der Waals surface area contributed by atoms with Crippen LogP contribution in [0.4, 0.5) is 5.69 Å². The van der Waals surface area contributed by atoms with Crippen molar-refractivity contribution in [1.82, 2.24) is 4.31 Å². The van der Waals surface area contributed by atoms with Crippen molar-refractivity contribution in [3.8, 4) is 5.75 Å². The number of nitrogens with zero attached hydrogens (tertiary/aromatic N) is 1. The van der Waals surface area contributed by atoms with E-state index in [1.165, 1.54) is 36.7 Å². The van der Waals surface area contributed by atoms with Gasteiger partial charge in [0.25, 0.3) is 5.91 Å². The molecule has 3 aromatic carbocycles. The first-order valence-corrected chi connectivity index (χ1v) is 11.3. The predicted molar refractivity (Wildman–Crippen MR) is 122 cm³/mol. The summed E-state index contributed by atoms with van der Waals surface area (Å²) in [6.07, 6.45) is 0. The average molecular weight is 459 g/mol. The second kappa shape index (κ2) is 9.51. The first-order valence-electron chi connectivity index (χ1n) is 9.48. The zero-order valence-electron chi connectivity index (χ0n) is 17.4. The molecule has 0 heterocycles. The zero-order valence-corrected chi connectivity index (χ0v) is 19.0. The van der Waals surface area contributed by atoms with Crippen LogP contribution in [0.2, 0.25) is 5.02 Å². The number of rotatable bonds is 7. The molecule has 8 heteroatoms. The van der Waals surface area contributed by atoms with Gasteiger partial charge in [-0.05, 0) is 48.4 Å². The predicted octanol–water partition coefficient (Wildman–Crippen LogP) is 4.73. The van der Waals surface area contributed by atoms with Crippen LogP contribution in [-0.2, 0) is 16.6 Å². The summed E-state index contributed by atoms with van der Waals surface area (Å²) in [6, 6.07) is 18.7. The lowest BCUT2D eigenvalue weighted by molar-refractivity contribution is 0.102. The molecule has 0 aromatic heterocycles. The topological polar surface area (TPSA) is 75.7 Å². The number of aryl methyl sites for hydroxylation is 1. The van der Waals surface area contributed by atoms with Crippen molar-refractivity contribution < 1.29 is 17.9 Å². The lowest BCUT2D eigenvalue weighted by Crippen LogP contribution is -2.27. The highest BCUT2D eigenvalue weighted by molar-refractivity contribution is 7.89. The molecule has 3 aromatic rings. The summed E-state index contributed by atoms with van der Waals surface area (Å²) in [7, 11) is -0.835. The van der Waals surface area contributed by atoms with Crippen LogP contribution >= 0.6 is 11.6 Å². The molecule has 0 spiro atoms. The van der Waals surface area contributed by atoms with Crippen LogP contribution in [-0.4, -0.2) is 32.8 Å². The van der Waals surface area contributed by atoms with Crippen molar-refractivity contribution in [1.29, 1.82) is 0 Å². The highest BCUT2D eigenvalue weighted by atomic mass is 35.5. The molecule has 0 aliphatic carbocycles. The third-order valence-electron chi connectivity index (χ3n) is 4.74. The molecule has 0 aliphatic heterocycles. The van der Waals surface area contributed by atoms with Gasteiger partial charge in [0.05, 0.1) is 28.3 Å². The molecule has 0 fully saturated rings. The second-order valence-electron chi connectivity index (χ2n) is 7.05. The molecule has 0 saturated carbocycles. The average Bonchev–Trinajstić information content (AvgIpc) is 2.74. The molecular formula is C23H23ClN2O4S. The van der Waals surface area contributed by atoms with E-state index in [0.29, 0.717) is 11.4 Å². The van der Waals surface area contributed by atoms with Crippen molar-refractivity contribution in [3.05, 3.63) is 88.4 Å². The van der Waals surface area contributed by atoms with E-state index in [2.05, 4.69) is 5.32 Å². The molecule has 0 atom stereocenters. The molecule has 6 nitrogen and oxygen atoms in total. The number of carbonyl (C=O) groups is 1. The maximum Gasteiger partial charge on any atom is 0.257 e. The molecule has 1 N–H and O–H groups in total. The number of sulfonamides is 1. The number of nitrogens with one attached hydrogen (secondary N) is 1. The Labute approximate surface area is 187 Å². The van der Waals surface area contributed by atoms with Crippen LogP contribution in [0.5, 0.6) is 5.75 Å². The van der Waals surface area contributed by atoms with E-state index in [-0.39, 0.29) is 22.0 Å². The molecular weight excluding hydrogens is 436 g/mol. The summed E-state index contributed by atoms with van der Waals surface area (Å²) in [4.78, 5) is 12.9. The number of carbonyl (C=O) groups excluding carboxylic acids is 1. The number of amides is 1. The standard InChI is InChI=1S/C23H23ClN2O4S/c1-16-9-12-22(30-3)21(13-16)25-23(27)19-14-18(10-11-20(19)24)31(28,29)26(2)15-17-7-5-4-6-8-17/h4-14H,15H2,1-3H3,(H,25,27). The van der Waals surface area contributed by atoms with E-state index >= 15 is 0 Å². The number of methoxy groups -OCH3 is 1. The molecule has 0 unspecified atom stereocenters. The van der Waals surface area contributed by atoms with Gasteiger partial charge in [0.1, 0.15) is 5.75 Å². The first-order chi connectivity index (χ1) is 14.7. The van der Waals surface area contributed by atoms with Gasteiger partial charge >= 0.3 is 0 Å². The van der Waals surface area contributed by atoms with Crippen LogP contribution in [0.25, 0.3) is 0 Å². The van der Waals surface area contributed by atoms with Gasteiger partial charge in [-0.2, -0.15) is 4.31 Å². The highest BCUT2D eigenvalue weighted by Crippen LogP contribution is 2.28. The molecule has 0 bridgehead atoms. The van der Waals surface area contributed by atoms with Gasteiger partial charge in [0.15, 0.2) is 0 Å². The normalized spacial score (nSPS) is 11.4. The molecule has 0 saturated heterocycles. The van der Waals surface area contributed by atoms with E-state index in [4.69, 9.17) is 16.3 Å². The van der Waals surface area contributed by atoms with E-state index in [1.807, 2.05) is 43.3 Å². The Kier molecular flexibility index (Phi) is 7.00. The number of hydrogen-bond acceptors (Lipinski definition) is 4. The molecule has 31 heavy (non-hydrogen) atoms. The Morgan fingerprint density at radius 2 is 1.77 bits per heavy atom. The van der Waals surface area contributed by atoms with Gasteiger partial charge in [-0.15, -0.1) is 0 Å². The number of ether oxygens (including phenoxy) is 1. The Hall–Kier alpha value is -2.87. The van der Waals surface area contributed by atoms with E-state index in [9.17, 15) is 13.2 Å². The summed E-state index contributed by atoms with van der Waals surface area (Å²) >= 11 is 6.22. The summed E-state index contributed by atoms with van der Waals surface area (Å²) in [6.45, 7) is 2.09. The molecule has 0 aliphatic rings. The number of anilines is 1. The summed E-state index contributed by atoms with van der Waals surface area (Å²) in [5, 5.41) is 2.90. The maximum atomic E-state index is 13.1. The SMILES string of the molecule is COc1ccc(C)cc1NC(=O)c1cc(S(=O)(=O)N(C)Cc2ccccc2)ccc1Cl. The van der Waals surface area contributed by atoms with Crippen molar-refractivity contribution in [3.63, 3.8) is 0 Å². The Balaban J connectivity index is 1.89. The molecule has 162 valence electrons. The minimum atomic E-state index is -3.83. The van der Waals surface area contributed by atoms with Crippen molar-refractivity contribution in [2.24, 2.45) is 0 Å². The number of benzene rings is 3. The Morgan fingerprint density at radius 3 is 2.45 bits per heavy atom. The van der Waals surface area contributed by atoms with Gasteiger partial charge in [-0.1, -0.05) is 48.0 Å². The second-order valence-corrected chi connectivity index (χ2v) is 9.50. The zero-order chi connectivity index (χ0) is 22.6. The van der Waals surface area contributed by atoms with Crippen LogP contribution in [0.1, 0.15) is 21.5 Å². The van der Waals surface area contributed by atoms with Crippen molar-refractivity contribution >= 4 is 33.2 Å². The van der Waals surface area contributed by atoms with Crippen LogP contribution in [0.15, 0.2) is 71.6 Å². The van der Waals surface area contributed by atoms with Gasteiger partial charge in [-0.3, -0.25) is 4.79 Å². The Bertz CT molecular complexity index is 1200. The number of hydrogen-bond donors (Lipinski definition) is 1. The number of halogens is 1.